The lowest BCUT2D eigenvalue weighted by atomic mass is 10.1. The van der Waals surface area contributed by atoms with Crippen LogP contribution >= 0.6 is 0 Å². The van der Waals surface area contributed by atoms with Gasteiger partial charge in [0, 0.05) is 29.5 Å². The van der Waals surface area contributed by atoms with Crippen molar-refractivity contribution in [2.45, 2.75) is 46.0 Å². The van der Waals surface area contributed by atoms with E-state index >= 15 is 0 Å². The maximum absolute atomic E-state index is 13.1. The highest BCUT2D eigenvalue weighted by molar-refractivity contribution is 5.92. The molecule has 1 heterocycles. The van der Waals surface area contributed by atoms with Crippen molar-refractivity contribution < 1.29 is 22.4 Å². The molecule has 0 spiro atoms. The third-order valence-corrected chi connectivity index (χ3v) is 3.29. The zero-order chi connectivity index (χ0) is 20.8. The molecule has 1 amide bonds. The molecule has 8 heteroatoms. The molecular formula is C19H23F4N3O. The summed E-state index contributed by atoms with van der Waals surface area (Å²) in [6, 6.07) is 5.81. The van der Waals surface area contributed by atoms with Crippen LogP contribution in [0.15, 0.2) is 36.5 Å². The predicted octanol–water partition coefficient (Wildman–Crippen LogP) is 4.22. The fraction of sp³-hybridized carbons (Fsp3) is 0.368. The van der Waals surface area contributed by atoms with E-state index < -0.39 is 23.5 Å². The second-order valence-electron chi connectivity index (χ2n) is 7.00. The van der Waals surface area contributed by atoms with Crippen LogP contribution in [0, 0.1) is 12.7 Å². The number of nitrogens with one attached hydrogen (secondary N) is 1. The van der Waals surface area contributed by atoms with Gasteiger partial charge in [0.15, 0.2) is 0 Å². The molecule has 148 valence electrons. The number of aryl methyl sites for hydroxylation is 1. The Hall–Kier alpha value is -2.48. The van der Waals surface area contributed by atoms with Gasteiger partial charge in [-0.3, -0.25) is 9.78 Å². The van der Waals surface area contributed by atoms with Gasteiger partial charge in [-0.25, -0.2) is 4.39 Å². The maximum atomic E-state index is 13.1. The van der Waals surface area contributed by atoms with E-state index in [0.29, 0.717) is 11.6 Å². The van der Waals surface area contributed by atoms with Gasteiger partial charge in [-0.2, -0.15) is 13.2 Å². The molecule has 1 aromatic heterocycles. The fourth-order valence-corrected chi connectivity index (χ4v) is 1.98. The smallest absolute Gasteiger partial charge is 0.366 e. The first kappa shape index (κ1) is 22.6. The lowest BCUT2D eigenvalue weighted by Gasteiger charge is -2.21. The van der Waals surface area contributed by atoms with E-state index in [4.69, 9.17) is 5.73 Å². The molecule has 1 aromatic carbocycles. The number of rotatable bonds is 3. The second kappa shape index (κ2) is 8.94. The minimum Gasteiger partial charge on any atom is -0.366 e. The van der Waals surface area contributed by atoms with Crippen LogP contribution in [-0.2, 0) is 12.7 Å². The first-order chi connectivity index (χ1) is 12.3. The number of hydrogen-bond donors (Lipinski definition) is 2. The Kier molecular flexibility index (Phi) is 7.47. The molecule has 0 bridgehead atoms. The van der Waals surface area contributed by atoms with Crippen molar-refractivity contribution in [1.82, 2.24) is 10.3 Å². The Bertz CT molecular complexity index is 783. The molecule has 0 aliphatic rings. The average Bonchev–Trinajstić information content (AvgIpc) is 2.51. The van der Waals surface area contributed by atoms with Crippen molar-refractivity contribution in [2.24, 2.45) is 5.73 Å². The fourth-order valence-electron chi connectivity index (χ4n) is 1.98. The van der Waals surface area contributed by atoms with Gasteiger partial charge in [0.2, 0.25) is 5.91 Å². The molecule has 0 aliphatic carbocycles. The highest BCUT2D eigenvalue weighted by Crippen LogP contribution is 2.30. The molecule has 0 aliphatic heterocycles. The molecule has 3 N–H and O–H groups in total. The number of carbonyl (C=O) groups excluding carboxylic acids is 1. The van der Waals surface area contributed by atoms with Crippen LogP contribution in [0.2, 0.25) is 0 Å². The number of pyridine rings is 1. The van der Waals surface area contributed by atoms with E-state index in [0.717, 1.165) is 17.8 Å². The van der Waals surface area contributed by atoms with Crippen LogP contribution in [0.25, 0.3) is 0 Å². The second-order valence-corrected chi connectivity index (χ2v) is 7.00. The van der Waals surface area contributed by atoms with Crippen molar-refractivity contribution >= 4 is 5.91 Å². The van der Waals surface area contributed by atoms with E-state index in [-0.39, 0.29) is 17.6 Å². The monoisotopic (exact) mass is 385 g/mol. The maximum Gasteiger partial charge on any atom is 0.416 e. The van der Waals surface area contributed by atoms with Crippen molar-refractivity contribution in [2.75, 3.05) is 0 Å². The predicted molar refractivity (Wildman–Crippen MR) is 95.5 cm³/mol. The minimum absolute atomic E-state index is 0.199. The molecule has 4 nitrogen and oxygen atoms in total. The van der Waals surface area contributed by atoms with Gasteiger partial charge < -0.3 is 11.1 Å². The molecular weight excluding hydrogens is 362 g/mol. The summed E-state index contributed by atoms with van der Waals surface area (Å²) in [7, 11) is 0. The highest BCUT2D eigenvalue weighted by atomic mass is 19.4. The zero-order valence-corrected chi connectivity index (χ0v) is 15.6. The number of aromatic nitrogens is 1. The lowest BCUT2D eigenvalue weighted by Crippen LogP contribution is -2.35. The number of amides is 1. The molecule has 2 aromatic rings. The molecule has 0 radical (unpaired) electrons. The normalized spacial score (nSPS) is 11.6. The quantitative estimate of drug-likeness (QED) is 0.778. The largest absolute Gasteiger partial charge is 0.416 e. The summed E-state index contributed by atoms with van der Waals surface area (Å²) in [4.78, 5) is 14.5. The summed E-state index contributed by atoms with van der Waals surface area (Å²) < 4.78 is 50.4. The average molecular weight is 385 g/mol. The van der Waals surface area contributed by atoms with Crippen molar-refractivity contribution in [1.29, 1.82) is 0 Å². The highest BCUT2D eigenvalue weighted by Gasteiger charge is 2.31. The third-order valence-electron chi connectivity index (χ3n) is 3.29. The van der Waals surface area contributed by atoms with Gasteiger partial charge >= 0.3 is 6.18 Å². The number of hydrogen-bond acceptors (Lipinski definition) is 3. The van der Waals surface area contributed by atoms with Gasteiger partial charge in [0.1, 0.15) is 5.82 Å². The Balaban J connectivity index is 0.000000309. The molecule has 0 fully saturated rings. The minimum atomic E-state index is -4.52. The van der Waals surface area contributed by atoms with E-state index in [1.807, 2.05) is 27.7 Å². The van der Waals surface area contributed by atoms with Crippen LogP contribution in [0.4, 0.5) is 17.6 Å². The molecule has 0 saturated carbocycles. The van der Waals surface area contributed by atoms with Crippen LogP contribution < -0.4 is 11.1 Å². The van der Waals surface area contributed by atoms with Crippen LogP contribution in [0.1, 0.15) is 48.0 Å². The molecule has 0 atom stereocenters. The summed E-state index contributed by atoms with van der Waals surface area (Å²) in [5.41, 5.74) is 5.42. The zero-order valence-electron chi connectivity index (χ0n) is 15.6. The summed E-state index contributed by atoms with van der Waals surface area (Å²) in [5, 5.41) is 3.01. The van der Waals surface area contributed by atoms with E-state index in [2.05, 4.69) is 10.3 Å². The Morgan fingerprint density at radius 1 is 1.15 bits per heavy atom. The number of halogens is 4. The van der Waals surface area contributed by atoms with Gasteiger partial charge in [-0.15, -0.1) is 0 Å². The summed E-state index contributed by atoms with van der Waals surface area (Å²) >= 11 is 0. The standard InChI is InChI=1S/C12H15F4N.C7H8N2O/c1-11(2,3)17-7-8-4-9(12(14,15)16)6-10(13)5-8;1-5-4-6(7(8)10)2-3-9-5/h4-6,17H,7H2,1-3H3;2-4H,1H3,(H2,8,10). The number of nitrogens with two attached hydrogens (primary N) is 1. The van der Waals surface area contributed by atoms with E-state index in [9.17, 15) is 22.4 Å². The van der Waals surface area contributed by atoms with Crippen molar-refractivity contribution in [3.63, 3.8) is 0 Å². The first-order valence-electron chi connectivity index (χ1n) is 8.12. The molecule has 0 unspecified atom stereocenters. The number of benzene rings is 1. The van der Waals surface area contributed by atoms with Gasteiger partial charge in [-0.05, 0) is 63.6 Å². The Morgan fingerprint density at radius 2 is 1.78 bits per heavy atom. The summed E-state index contributed by atoms with van der Waals surface area (Å²) in [6.45, 7) is 7.67. The first-order valence-corrected chi connectivity index (χ1v) is 8.12. The van der Waals surface area contributed by atoms with Gasteiger partial charge in [-0.1, -0.05) is 0 Å². The number of nitrogens with zero attached hydrogens (tertiary/aromatic N) is 1. The number of alkyl halides is 3. The number of primary amides is 1. The van der Waals surface area contributed by atoms with E-state index in [1.165, 1.54) is 0 Å². The SMILES string of the molecule is CC(C)(C)NCc1cc(F)cc(C(F)(F)F)c1.Cc1cc(C(N)=O)ccn1. The third kappa shape index (κ3) is 8.63. The molecule has 2 rings (SSSR count). The summed E-state index contributed by atoms with van der Waals surface area (Å²) in [5.74, 6) is -1.28. The lowest BCUT2D eigenvalue weighted by molar-refractivity contribution is -0.137. The Labute approximate surface area is 155 Å². The van der Waals surface area contributed by atoms with Crippen LogP contribution in [0.5, 0.6) is 0 Å². The molecule has 27 heavy (non-hydrogen) atoms. The van der Waals surface area contributed by atoms with Crippen LogP contribution in [-0.4, -0.2) is 16.4 Å². The number of carbonyl (C=O) groups is 1. The van der Waals surface area contributed by atoms with Gasteiger partial charge in [0.05, 0.1) is 5.56 Å². The van der Waals surface area contributed by atoms with Crippen molar-refractivity contribution in [3.05, 3.63) is 64.7 Å². The molecule has 0 saturated heterocycles. The van der Waals surface area contributed by atoms with E-state index in [1.54, 1.807) is 18.3 Å². The van der Waals surface area contributed by atoms with Crippen molar-refractivity contribution in [3.8, 4) is 0 Å². The topological polar surface area (TPSA) is 68.0 Å². The Morgan fingerprint density at radius 3 is 2.22 bits per heavy atom. The van der Waals surface area contributed by atoms with Crippen LogP contribution in [0.3, 0.4) is 0 Å². The van der Waals surface area contributed by atoms with Gasteiger partial charge in [0.25, 0.3) is 0 Å². The summed E-state index contributed by atoms with van der Waals surface area (Å²) in [6.07, 6.45) is -2.95.